The molecule has 2 aromatic rings. The Bertz CT molecular complexity index is 847. The van der Waals surface area contributed by atoms with Crippen molar-refractivity contribution in [2.45, 2.75) is 13.3 Å². The normalized spacial score (nSPS) is 14.8. The number of carbonyl (C=O) groups is 2. The van der Waals surface area contributed by atoms with Crippen LogP contribution in [0.25, 0.3) is 0 Å². The number of nitrogens with zero attached hydrogens (tertiary/aromatic N) is 2. The summed E-state index contributed by atoms with van der Waals surface area (Å²) in [6.07, 6.45) is 0.411. The molecule has 0 bridgehead atoms. The van der Waals surface area contributed by atoms with E-state index in [1.165, 1.54) is 5.56 Å². The van der Waals surface area contributed by atoms with Gasteiger partial charge in [-0.05, 0) is 24.6 Å². The van der Waals surface area contributed by atoms with Crippen LogP contribution in [0.3, 0.4) is 0 Å². The van der Waals surface area contributed by atoms with E-state index in [1.54, 1.807) is 18.2 Å². The van der Waals surface area contributed by atoms with Crippen molar-refractivity contribution in [3.8, 4) is 0 Å². The number of rotatable bonds is 5. The van der Waals surface area contributed by atoms with E-state index < -0.39 is 0 Å². The number of piperazine rings is 1. The Morgan fingerprint density at radius 1 is 1.00 bits per heavy atom. The molecule has 0 aromatic heterocycles. The van der Waals surface area contributed by atoms with Crippen molar-refractivity contribution in [1.29, 1.82) is 0 Å². The minimum atomic E-state index is -0.149. The van der Waals surface area contributed by atoms with E-state index in [0.29, 0.717) is 48.3 Å². The molecule has 1 aliphatic heterocycles. The summed E-state index contributed by atoms with van der Waals surface area (Å²) in [5.74, 6) is -0.0257. The van der Waals surface area contributed by atoms with Gasteiger partial charge < -0.3 is 10.2 Å². The Balaban J connectivity index is 1.45. The van der Waals surface area contributed by atoms with Crippen molar-refractivity contribution in [3.05, 3.63) is 63.6 Å². The fourth-order valence-corrected chi connectivity index (χ4v) is 3.49. The fourth-order valence-electron chi connectivity index (χ4n) is 3.14. The van der Waals surface area contributed by atoms with Gasteiger partial charge in [-0.15, -0.1) is 0 Å². The molecule has 0 spiro atoms. The van der Waals surface area contributed by atoms with Gasteiger partial charge in [-0.3, -0.25) is 14.5 Å². The van der Waals surface area contributed by atoms with E-state index in [-0.39, 0.29) is 18.4 Å². The minimum absolute atomic E-state index is 0.124. The van der Waals surface area contributed by atoms with Crippen LogP contribution >= 0.6 is 23.2 Å². The van der Waals surface area contributed by atoms with E-state index in [4.69, 9.17) is 23.2 Å². The van der Waals surface area contributed by atoms with Crippen molar-refractivity contribution in [2.75, 3.05) is 38.0 Å². The van der Waals surface area contributed by atoms with Crippen molar-refractivity contribution < 1.29 is 9.59 Å². The quantitative estimate of drug-likeness (QED) is 0.804. The molecule has 0 aliphatic carbocycles. The highest BCUT2D eigenvalue weighted by Gasteiger charge is 2.22. The SMILES string of the molecule is Cc1ccc(CC(=O)N2CCN(CC(=O)Nc3cccc(Cl)c3Cl)CC2)cc1. The van der Waals surface area contributed by atoms with Crippen LogP contribution in [0.2, 0.25) is 10.0 Å². The standard InChI is InChI=1S/C21H23Cl2N3O2/c1-15-5-7-16(8-6-15)13-20(28)26-11-9-25(10-12-26)14-19(27)24-18-4-2-3-17(22)21(18)23/h2-8H,9-14H2,1H3,(H,24,27). The lowest BCUT2D eigenvalue weighted by Gasteiger charge is -2.34. The van der Waals surface area contributed by atoms with Gasteiger partial charge in [-0.25, -0.2) is 0 Å². The van der Waals surface area contributed by atoms with Gasteiger partial charge in [0.05, 0.1) is 28.7 Å². The average Bonchev–Trinajstić information content (AvgIpc) is 2.68. The monoisotopic (exact) mass is 419 g/mol. The van der Waals surface area contributed by atoms with Crippen LogP contribution in [0.5, 0.6) is 0 Å². The first kappa shape index (κ1) is 20.6. The molecule has 7 heteroatoms. The molecule has 3 rings (SSSR count). The summed E-state index contributed by atoms with van der Waals surface area (Å²) >= 11 is 12.1. The van der Waals surface area contributed by atoms with Gasteiger partial charge in [-0.1, -0.05) is 59.1 Å². The summed E-state index contributed by atoms with van der Waals surface area (Å²) < 4.78 is 0. The van der Waals surface area contributed by atoms with Crippen molar-refractivity contribution in [1.82, 2.24) is 9.80 Å². The third-order valence-corrected chi connectivity index (χ3v) is 5.61. The van der Waals surface area contributed by atoms with Crippen LogP contribution in [0, 0.1) is 6.92 Å². The van der Waals surface area contributed by atoms with E-state index in [2.05, 4.69) is 5.32 Å². The number of benzene rings is 2. The van der Waals surface area contributed by atoms with Crippen LogP contribution in [0.1, 0.15) is 11.1 Å². The second-order valence-electron chi connectivity index (χ2n) is 6.97. The maximum Gasteiger partial charge on any atom is 0.238 e. The number of carbonyl (C=O) groups excluding carboxylic acids is 2. The molecule has 0 saturated carbocycles. The van der Waals surface area contributed by atoms with Gasteiger partial charge in [0.15, 0.2) is 0 Å². The van der Waals surface area contributed by atoms with Crippen LogP contribution in [-0.2, 0) is 16.0 Å². The lowest BCUT2D eigenvalue weighted by molar-refractivity contribution is -0.132. The predicted molar refractivity (Wildman–Crippen MR) is 113 cm³/mol. The smallest absolute Gasteiger partial charge is 0.238 e. The lowest BCUT2D eigenvalue weighted by atomic mass is 10.1. The number of nitrogens with one attached hydrogen (secondary N) is 1. The third-order valence-electron chi connectivity index (χ3n) is 4.79. The third kappa shape index (κ3) is 5.47. The van der Waals surface area contributed by atoms with Crippen molar-refractivity contribution in [3.63, 3.8) is 0 Å². The number of halogens is 2. The number of aryl methyl sites for hydroxylation is 1. The number of hydrogen-bond acceptors (Lipinski definition) is 3. The molecule has 1 fully saturated rings. The maximum absolute atomic E-state index is 12.5. The van der Waals surface area contributed by atoms with Gasteiger partial charge in [0.1, 0.15) is 0 Å². The summed E-state index contributed by atoms with van der Waals surface area (Å²) in [6.45, 7) is 4.85. The molecule has 1 heterocycles. The van der Waals surface area contributed by atoms with E-state index in [9.17, 15) is 9.59 Å². The van der Waals surface area contributed by atoms with Crippen LogP contribution in [0.4, 0.5) is 5.69 Å². The maximum atomic E-state index is 12.5. The Hall–Kier alpha value is -2.08. The molecule has 148 valence electrons. The first-order valence-electron chi connectivity index (χ1n) is 9.22. The Morgan fingerprint density at radius 2 is 1.68 bits per heavy atom. The molecular formula is C21H23Cl2N3O2. The first-order chi connectivity index (χ1) is 13.4. The number of hydrogen-bond donors (Lipinski definition) is 1. The highest BCUT2D eigenvalue weighted by molar-refractivity contribution is 6.44. The topological polar surface area (TPSA) is 52.7 Å². The Labute approximate surface area is 175 Å². The molecular weight excluding hydrogens is 397 g/mol. The molecule has 0 unspecified atom stereocenters. The average molecular weight is 420 g/mol. The molecule has 5 nitrogen and oxygen atoms in total. The molecule has 1 N–H and O–H groups in total. The highest BCUT2D eigenvalue weighted by Crippen LogP contribution is 2.29. The predicted octanol–water partition coefficient (Wildman–Crippen LogP) is 3.63. The van der Waals surface area contributed by atoms with Crippen LogP contribution < -0.4 is 5.32 Å². The number of amides is 2. The summed E-state index contributed by atoms with van der Waals surface area (Å²) in [5.41, 5.74) is 2.71. The van der Waals surface area contributed by atoms with Gasteiger partial charge in [0, 0.05) is 26.2 Å². The Kier molecular flexibility index (Phi) is 6.94. The summed E-state index contributed by atoms with van der Waals surface area (Å²) in [7, 11) is 0. The van der Waals surface area contributed by atoms with Gasteiger partial charge in [-0.2, -0.15) is 0 Å². The summed E-state index contributed by atoms with van der Waals surface area (Å²) in [5, 5.41) is 3.53. The molecule has 2 aromatic carbocycles. The van der Waals surface area contributed by atoms with Gasteiger partial charge in [0.2, 0.25) is 11.8 Å². The second-order valence-corrected chi connectivity index (χ2v) is 7.75. The van der Waals surface area contributed by atoms with E-state index >= 15 is 0 Å². The molecule has 28 heavy (non-hydrogen) atoms. The summed E-state index contributed by atoms with van der Waals surface area (Å²) in [6, 6.07) is 13.2. The lowest BCUT2D eigenvalue weighted by Crippen LogP contribution is -2.50. The van der Waals surface area contributed by atoms with Crippen LogP contribution in [-0.4, -0.2) is 54.3 Å². The van der Waals surface area contributed by atoms with Crippen LogP contribution in [0.15, 0.2) is 42.5 Å². The molecule has 1 saturated heterocycles. The zero-order valence-electron chi connectivity index (χ0n) is 15.8. The zero-order chi connectivity index (χ0) is 20.1. The fraction of sp³-hybridized carbons (Fsp3) is 0.333. The number of anilines is 1. The van der Waals surface area contributed by atoms with Gasteiger partial charge in [0.25, 0.3) is 0 Å². The van der Waals surface area contributed by atoms with Gasteiger partial charge >= 0.3 is 0 Å². The molecule has 2 amide bonds. The molecule has 1 aliphatic rings. The zero-order valence-corrected chi connectivity index (χ0v) is 17.3. The minimum Gasteiger partial charge on any atom is -0.340 e. The van der Waals surface area contributed by atoms with E-state index in [1.807, 2.05) is 41.0 Å². The van der Waals surface area contributed by atoms with Crippen molar-refractivity contribution in [2.24, 2.45) is 0 Å². The van der Waals surface area contributed by atoms with Crippen molar-refractivity contribution >= 4 is 40.7 Å². The largest absolute Gasteiger partial charge is 0.340 e. The van der Waals surface area contributed by atoms with E-state index in [0.717, 1.165) is 5.56 Å². The molecule has 0 radical (unpaired) electrons. The summed E-state index contributed by atoms with van der Waals surface area (Å²) in [4.78, 5) is 28.7. The molecule has 0 atom stereocenters. The second kappa shape index (κ2) is 9.41. The Morgan fingerprint density at radius 3 is 2.36 bits per heavy atom. The highest BCUT2D eigenvalue weighted by atomic mass is 35.5. The first-order valence-corrected chi connectivity index (χ1v) is 9.97.